The molecule has 0 bridgehead atoms. The molecule has 17 heavy (non-hydrogen) atoms. The van der Waals surface area contributed by atoms with Gasteiger partial charge in [0, 0.05) is 23.9 Å². The maximum Gasteiger partial charge on any atom is 0.0612 e. The third kappa shape index (κ3) is 3.87. The van der Waals surface area contributed by atoms with E-state index in [0.29, 0.717) is 18.1 Å². The van der Waals surface area contributed by atoms with Gasteiger partial charge in [-0.25, -0.2) is 0 Å². The molecule has 0 amide bonds. The van der Waals surface area contributed by atoms with Crippen LogP contribution in [-0.2, 0) is 4.74 Å². The molecule has 4 atom stereocenters. The normalized spacial score (nSPS) is 38.8. The van der Waals surface area contributed by atoms with Gasteiger partial charge < -0.3 is 10.1 Å². The number of thioether (sulfide) groups is 1. The maximum atomic E-state index is 5.83. The Morgan fingerprint density at radius 1 is 1.12 bits per heavy atom. The minimum Gasteiger partial charge on any atom is -0.378 e. The van der Waals surface area contributed by atoms with Gasteiger partial charge >= 0.3 is 0 Å². The molecule has 2 nitrogen and oxygen atoms in total. The third-order valence-electron chi connectivity index (χ3n) is 4.25. The number of ether oxygens (including phenoxy) is 1. The quantitative estimate of drug-likeness (QED) is 0.836. The highest BCUT2D eigenvalue weighted by atomic mass is 32.2. The molecule has 4 unspecified atom stereocenters. The molecule has 1 heterocycles. The average Bonchev–Trinajstić information content (AvgIpc) is 2.77. The van der Waals surface area contributed by atoms with Crippen LogP contribution < -0.4 is 5.32 Å². The first-order valence-corrected chi connectivity index (χ1v) is 8.38. The second kappa shape index (κ2) is 6.44. The van der Waals surface area contributed by atoms with Crippen LogP contribution in [0.15, 0.2) is 0 Å². The van der Waals surface area contributed by atoms with Crippen molar-refractivity contribution in [3.05, 3.63) is 0 Å². The molecule has 0 aromatic rings. The first-order valence-electron chi connectivity index (χ1n) is 7.09. The fourth-order valence-corrected chi connectivity index (χ4v) is 3.88. The Morgan fingerprint density at radius 2 is 1.88 bits per heavy atom. The second-order valence-corrected chi connectivity index (χ2v) is 7.05. The fraction of sp³-hybridized carbons (Fsp3) is 1.00. The molecular formula is C14H27NOS. The smallest absolute Gasteiger partial charge is 0.0612 e. The van der Waals surface area contributed by atoms with Crippen LogP contribution in [-0.4, -0.2) is 36.3 Å². The zero-order valence-electron chi connectivity index (χ0n) is 11.4. The van der Waals surface area contributed by atoms with Crippen LogP contribution in [0.1, 0.15) is 46.0 Å². The van der Waals surface area contributed by atoms with E-state index in [2.05, 4.69) is 25.4 Å². The van der Waals surface area contributed by atoms with Crippen molar-refractivity contribution in [3.63, 3.8) is 0 Å². The first kappa shape index (κ1) is 13.7. The van der Waals surface area contributed by atoms with E-state index in [1.165, 1.54) is 32.1 Å². The largest absolute Gasteiger partial charge is 0.378 e. The van der Waals surface area contributed by atoms with E-state index in [9.17, 15) is 0 Å². The summed E-state index contributed by atoms with van der Waals surface area (Å²) in [4.78, 5) is 0. The maximum absolute atomic E-state index is 5.83. The fourth-order valence-electron chi connectivity index (χ4n) is 3.08. The van der Waals surface area contributed by atoms with Crippen molar-refractivity contribution in [3.8, 4) is 0 Å². The average molecular weight is 257 g/mol. The van der Waals surface area contributed by atoms with E-state index in [1.54, 1.807) is 0 Å². The van der Waals surface area contributed by atoms with Crippen molar-refractivity contribution in [2.45, 2.75) is 69.4 Å². The van der Waals surface area contributed by atoms with Gasteiger partial charge in [-0.3, -0.25) is 0 Å². The lowest BCUT2D eigenvalue weighted by Crippen LogP contribution is -2.44. The Balaban J connectivity index is 1.75. The summed E-state index contributed by atoms with van der Waals surface area (Å²) in [5.74, 6) is 0.655. The van der Waals surface area contributed by atoms with Gasteiger partial charge in [-0.2, -0.15) is 11.8 Å². The van der Waals surface area contributed by atoms with Crippen molar-refractivity contribution in [2.24, 2.45) is 5.92 Å². The SMILES string of the molecule is CSC1CCC(NC2CCOC(C(C)C)C2)C1. The molecule has 3 heteroatoms. The molecule has 0 aromatic carbocycles. The molecule has 1 aliphatic heterocycles. The molecule has 2 fully saturated rings. The molecule has 1 N–H and O–H groups in total. The molecule has 1 saturated carbocycles. The minimum atomic E-state index is 0.471. The van der Waals surface area contributed by atoms with E-state index < -0.39 is 0 Å². The molecule has 2 rings (SSSR count). The Labute approximate surface area is 110 Å². The van der Waals surface area contributed by atoms with Gasteiger partial charge in [0.2, 0.25) is 0 Å². The lowest BCUT2D eigenvalue weighted by atomic mass is 9.95. The van der Waals surface area contributed by atoms with Gasteiger partial charge in [0.15, 0.2) is 0 Å². The third-order valence-corrected chi connectivity index (χ3v) is 5.34. The summed E-state index contributed by atoms with van der Waals surface area (Å²) in [5.41, 5.74) is 0. The van der Waals surface area contributed by atoms with Gasteiger partial charge in [-0.1, -0.05) is 13.8 Å². The molecule has 2 aliphatic rings. The Kier molecular flexibility index (Phi) is 5.19. The number of hydrogen-bond acceptors (Lipinski definition) is 3. The summed E-state index contributed by atoms with van der Waals surface area (Å²) in [6.07, 6.45) is 9.26. The van der Waals surface area contributed by atoms with Gasteiger partial charge in [0.05, 0.1) is 6.10 Å². The van der Waals surface area contributed by atoms with E-state index in [0.717, 1.165) is 17.9 Å². The van der Waals surface area contributed by atoms with Crippen molar-refractivity contribution in [1.29, 1.82) is 0 Å². The summed E-state index contributed by atoms with van der Waals surface area (Å²) in [6, 6.07) is 1.46. The van der Waals surface area contributed by atoms with Gasteiger partial charge in [0.25, 0.3) is 0 Å². The molecule has 0 spiro atoms. The van der Waals surface area contributed by atoms with E-state index in [4.69, 9.17) is 4.74 Å². The van der Waals surface area contributed by atoms with Gasteiger partial charge in [-0.15, -0.1) is 0 Å². The minimum absolute atomic E-state index is 0.471. The molecule has 0 radical (unpaired) electrons. The van der Waals surface area contributed by atoms with Crippen LogP contribution in [0.25, 0.3) is 0 Å². The van der Waals surface area contributed by atoms with Gasteiger partial charge in [-0.05, 0) is 44.3 Å². The first-order chi connectivity index (χ1) is 8.19. The van der Waals surface area contributed by atoms with Crippen molar-refractivity contribution >= 4 is 11.8 Å². The van der Waals surface area contributed by atoms with Crippen LogP contribution >= 0.6 is 11.8 Å². The van der Waals surface area contributed by atoms with Crippen LogP contribution in [0.5, 0.6) is 0 Å². The summed E-state index contributed by atoms with van der Waals surface area (Å²) in [5, 5.41) is 4.77. The molecule has 1 aliphatic carbocycles. The van der Waals surface area contributed by atoms with Crippen LogP contribution in [0.2, 0.25) is 0 Å². The Morgan fingerprint density at radius 3 is 2.53 bits per heavy atom. The monoisotopic (exact) mass is 257 g/mol. The van der Waals surface area contributed by atoms with Crippen LogP contribution in [0.3, 0.4) is 0 Å². The lowest BCUT2D eigenvalue weighted by Gasteiger charge is -2.34. The number of nitrogens with one attached hydrogen (secondary N) is 1. The predicted octanol–water partition coefficient (Wildman–Crippen LogP) is 3.06. The zero-order valence-corrected chi connectivity index (χ0v) is 12.3. The highest BCUT2D eigenvalue weighted by Crippen LogP contribution is 2.29. The summed E-state index contributed by atoms with van der Waals surface area (Å²) in [6.45, 7) is 5.48. The Hall–Kier alpha value is 0.270. The van der Waals surface area contributed by atoms with Gasteiger partial charge in [0.1, 0.15) is 0 Å². The Bertz CT molecular complexity index is 234. The number of hydrogen-bond donors (Lipinski definition) is 1. The van der Waals surface area contributed by atoms with E-state index >= 15 is 0 Å². The van der Waals surface area contributed by atoms with Crippen LogP contribution in [0.4, 0.5) is 0 Å². The molecule has 1 saturated heterocycles. The topological polar surface area (TPSA) is 21.3 Å². The predicted molar refractivity (Wildman–Crippen MR) is 75.7 cm³/mol. The molecule has 100 valence electrons. The van der Waals surface area contributed by atoms with Crippen molar-refractivity contribution in [1.82, 2.24) is 5.32 Å². The van der Waals surface area contributed by atoms with Crippen LogP contribution in [0, 0.1) is 5.92 Å². The summed E-state index contributed by atoms with van der Waals surface area (Å²) >= 11 is 2.04. The van der Waals surface area contributed by atoms with Crippen molar-refractivity contribution < 1.29 is 4.74 Å². The van der Waals surface area contributed by atoms with E-state index in [1.807, 2.05) is 11.8 Å². The van der Waals surface area contributed by atoms with E-state index in [-0.39, 0.29) is 0 Å². The zero-order chi connectivity index (χ0) is 12.3. The summed E-state index contributed by atoms with van der Waals surface area (Å²) < 4.78 is 5.83. The summed E-state index contributed by atoms with van der Waals surface area (Å²) in [7, 11) is 0. The van der Waals surface area contributed by atoms with Crippen molar-refractivity contribution in [2.75, 3.05) is 12.9 Å². The lowest BCUT2D eigenvalue weighted by molar-refractivity contribution is -0.0258. The standard InChI is InChI=1S/C14H27NOS/c1-10(2)14-9-12(6-7-16-14)15-11-4-5-13(8-11)17-3/h10-15H,4-9H2,1-3H3. The highest BCUT2D eigenvalue weighted by Gasteiger charge is 2.29. The molecule has 0 aromatic heterocycles. The molecular weight excluding hydrogens is 230 g/mol. The number of rotatable bonds is 4. The highest BCUT2D eigenvalue weighted by molar-refractivity contribution is 7.99. The second-order valence-electron chi connectivity index (χ2n) is 5.91.